The van der Waals surface area contributed by atoms with Gasteiger partial charge in [0.05, 0.1) is 6.42 Å². The van der Waals surface area contributed by atoms with Gasteiger partial charge >= 0.3 is 0 Å². The number of unbranched alkanes of at least 4 members (excludes halogenated alkanes) is 1. The third-order valence-electron chi connectivity index (χ3n) is 5.93. The van der Waals surface area contributed by atoms with E-state index in [0.29, 0.717) is 30.1 Å². The molecule has 1 aromatic carbocycles. The van der Waals surface area contributed by atoms with Crippen molar-refractivity contribution in [1.82, 2.24) is 20.8 Å². The average molecular weight is 596 g/mol. The van der Waals surface area contributed by atoms with Gasteiger partial charge in [-0.25, -0.2) is 0 Å². The number of anilines is 1. The lowest BCUT2D eigenvalue weighted by Gasteiger charge is -2.10. The van der Waals surface area contributed by atoms with E-state index in [-0.39, 0.29) is 37.0 Å². The lowest BCUT2D eigenvalue weighted by molar-refractivity contribution is -0.129. The van der Waals surface area contributed by atoms with Gasteiger partial charge in [0, 0.05) is 25.1 Å². The monoisotopic (exact) mass is 595 g/mol. The average Bonchev–Trinajstić information content (AvgIpc) is 3.39. The Morgan fingerprint density at radius 3 is 2.60 bits per heavy atom. The fourth-order valence-corrected chi connectivity index (χ4v) is 4.54. The van der Waals surface area contributed by atoms with Gasteiger partial charge in [-0.05, 0) is 55.9 Å². The molecule has 0 aliphatic carbocycles. The van der Waals surface area contributed by atoms with Crippen molar-refractivity contribution in [2.24, 2.45) is 11.5 Å². The molecule has 0 fully saturated rings. The van der Waals surface area contributed by atoms with Crippen molar-refractivity contribution in [2.75, 3.05) is 5.32 Å². The summed E-state index contributed by atoms with van der Waals surface area (Å²) in [4.78, 5) is 36.3. The number of aliphatic hydroxyl groups is 1. The smallest absolute Gasteiger partial charge is 0.249 e. The second-order valence-corrected chi connectivity index (χ2v) is 10.8. The number of nitrogens with two attached hydrogens (primary N) is 2. The summed E-state index contributed by atoms with van der Waals surface area (Å²) in [5.74, 6) is -0.622. The number of nitrogens with zero attached hydrogens (tertiary/aromatic N) is 2. The standard InChI is InChI=1S/C30H41N7O4S/c1-4-9-20(3)16-26(39)34-25(32)15-14-23(31)12-6-7-13-28-36-37-30(42-28)35-27(40)18-21-10-8-11-22(17-21)19-33-29(41)24(38)5-2/h4,8-11,14-15,17,24,38H,1,5-7,12-13,16,18-19,31-32H2,2-3H3,(H,33,41)(H,34,39)(H,35,37,40)/b20-9+,23-14-,25-15+. The van der Waals surface area contributed by atoms with Crippen molar-refractivity contribution in [1.29, 1.82) is 0 Å². The van der Waals surface area contributed by atoms with Gasteiger partial charge in [-0.3, -0.25) is 14.4 Å². The summed E-state index contributed by atoms with van der Waals surface area (Å²) in [7, 11) is 0. The predicted molar refractivity (Wildman–Crippen MR) is 166 cm³/mol. The molecule has 11 nitrogen and oxygen atoms in total. The van der Waals surface area contributed by atoms with Crippen molar-refractivity contribution >= 4 is 34.2 Å². The number of nitrogens with one attached hydrogen (secondary N) is 3. The maximum Gasteiger partial charge on any atom is 0.249 e. The summed E-state index contributed by atoms with van der Waals surface area (Å²) in [5.41, 5.74) is 15.1. The Balaban J connectivity index is 1.73. The molecule has 0 spiro atoms. The van der Waals surface area contributed by atoms with Gasteiger partial charge in [0.1, 0.15) is 16.9 Å². The Bertz CT molecular complexity index is 1320. The SMILES string of the molecule is C=C/C=C(\C)CC(=O)N/C(N)=C/C=C(\N)CCCCc1nnc(NC(=O)Cc2cccc(CNC(=O)C(O)CC)c2)s1. The summed E-state index contributed by atoms with van der Waals surface area (Å²) in [6, 6.07) is 7.34. The van der Waals surface area contributed by atoms with Crippen LogP contribution < -0.4 is 27.4 Å². The molecule has 12 heteroatoms. The summed E-state index contributed by atoms with van der Waals surface area (Å²) in [5, 5.41) is 27.2. The number of amides is 3. The molecule has 3 amide bonds. The van der Waals surface area contributed by atoms with Crippen LogP contribution in [0.2, 0.25) is 0 Å². The second-order valence-electron chi connectivity index (χ2n) is 9.73. The zero-order valence-corrected chi connectivity index (χ0v) is 25.0. The van der Waals surface area contributed by atoms with Crippen LogP contribution in [0.25, 0.3) is 0 Å². The van der Waals surface area contributed by atoms with E-state index in [4.69, 9.17) is 11.5 Å². The minimum Gasteiger partial charge on any atom is -0.402 e. The van der Waals surface area contributed by atoms with E-state index in [9.17, 15) is 19.5 Å². The molecule has 8 N–H and O–H groups in total. The van der Waals surface area contributed by atoms with Gasteiger partial charge in [0.2, 0.25) is 22.9 Å². The molecule has 0 saturated heterocycles. The zero-order valence-electron chi connectivity index (χ0n) is 24.2. The normalized spacial score (nSPS) is 12.9. The van der Waals surface area contributed by atoms with Crippen LogP contribution in [0, 0.1) is 0 Å². The number of allylic oxidation sites excluding steroid dienone is 5. The number of carbonyl (C=O) groups excluding carboxylic acids is 3. The summed E-state index contributed by atoms with van der Waals surface area (Å²) >= 11 is 1.33. The molecule has 0 aliphatic heterocycles. The van der Waals surface area contributed by atoms with Crippen molar-refractivity contribution < 1.29 is 19.5 Å². The van der Waals surface area contributed by atoms with Crippen molar-refractivity contribution in [2.45, 2.75) is 71.4 Å². The molecule has 1 aromatic heterocycles. The topological polar surface area (TPSA) is 185 Å². The Labute approximate surface area is 250 Å². The molecule has 0 bridgehead atoms. The Kier molecular flexibility index (Phi) is 14.7. The largest absolute Gasteiger partial charge is 0.402 e. The first kappa shape index (κ1) is 33.9. The fourth-order valence-electron chi connectivity index (χ4n) is 3.74. The number of aromatic nitrogens is 2. The molecule has 2 aromatic rings. The van der Waals surface area contributed by atoms with E-state index >= 15 is 0 Å². The van der Waals surface area contributed by atoms with Crippen molar-refractivity contribution in [3.63, 3.8) is 0 Å². The minimum absolute atomic E-state index is 0.147. The van der Waals surface area contributed by atoms with E-state index in [2.05, 4.69) is 32.7 Å². The lowest BCUT2D eigenvalue weighted by Crippen LogP contribution is -2.33. The highest BCUT2D eigenvalue weighted by Crippen LogP contribution is 2.18. The highest BCUT2D eigenvalue weighted by atomic mass is 32.1. The lowest BCUT2D eigenvalue weighted by atomic mass is 10.1. The van der Waals surface area contributed by atoms with Gasteiger partial charge < -0.3 is 32.5 Å². The second kappa shape index (κ2) is 18.2. The van der Waals surface area contributed by atoms with Gasteiger partial charge in [0.15, 0.2) is 0 Å². The van der Waals surface area contributed by atoms with Gasteiger partial charge in [0.25, 0.3) is 0 Å². The molecule has 2 rings (SSSR count). The highest BCUT2D eigenvalue weighted by Gasteiger charge is 2.13. The van der Waals surface area contributed by atoms with E-state index in [1.807, 2.05) is 31.2 Å². The van der Waals surface area contributed by atoms with E-state index < -0.39 is 12.0 Å². The number of rotatable bonds is 17. The summed E-state index contributed by atoms with van der Waals surface area (Å²) in [6.07, 6.45) is 9.37. The molecule has 0 aliphatic rings. The van der Waals surface area contributed by atoms with Gasteiger partial charge in [-0.1, -0.05) is 66.8 Å². The zero-order chi connectivity index (χ0) is 30.9. The molecule has 1 atom stereocenters. The van der Waals surface area contributed by atoms with Crippen LogP contribution in [0.4, 0.5) is 5.13 Å². The maximum absolute atomic E-state index is 12.5. The molecule has 1 unspecified atom stereocenters. The Morgan fingerprint density at radius 1 is 1.10 bits per heavy atom. The maximum atomic E-state index is 12.5. The minimum atomic E-state index is -1.03. The molecular weight excluding hydrogens is 554 g/mol. The summed E-state index contributed by atoms with van der Waals surface area (Å²) in [6.45, 7) is 7.44. The van der Waals surface area contributed by atoms with Gasteiger partial charge in [-0.15, -0.1) is 10.2 Å². The summed E-state index contributed by atoms with van der Waals surface area (Å²) < 4.78 is 0. The van der Waals surface area contributed by atoms with E-state index in [1.54, 1.807) is 31.2 Å². The third-order valence-corrected chi connectivity index (χ3v) is 6.83. The van der Waals surface area contributed by atoms with Crippen molar-refractivity contribution in [3.05, 3.63) is 88.4 Å². The van der Waals surface area contributed by atoms with Gasteiger partial charge in [-0.2, -0.15) is 0 Å². The van der Waals surface area contributed by atoms with E-state index in [0.717, 1.165) is 34.5 Å². The Morgan fingerprint density at radius 2 is 1.86 bits per heavy atom. The number of aliphatic hydroxyl groups excluding tert-OH is 1. The molecule has 1 heterocycles. The quantitative estimate of drug-likeness (QED) is 0.119. The number of aryl methyl sites for hydroxylation is 1. The fraction of sp³-hybridized carbons (Fsp3) is 0.367. The van der Waals surface area contributed by atoms with Crippen LogP contribution in [-0.4, -0.2) is 39.1 Å². The molecule has 0 radical (unpaired) electrons. The Hall–Kier alpha value is -4.29. The van der Waals surface area contributed by atoms with Crippen LogP contribution in [0.3, 0.4) is 0 Å². The molecule has 226 valence electrons. The number of hydrogen-bond donors (Lipinski definition) is 6. The first-order valence-corrected chi connectivity index (χ1v) is 14.6. The predicted octanol–water partition coefficient (Wildman–Crippen LogP) is 3.10. The molecule has 0 saturated carbocycles. The number of hydrogen-bond acceptors (Lipinski definition) is 9. The number of carbonyl (C=O) groups is 3. The van der Waals surface area contributed by atoms with Crippen LogP contribution in [-0.2, 0) is 33.8 Å². The molecule has 42 heavy (non-hydrogen) atoms. The van der Waals surface area contributed by atoms with Crippen molar-refractivity contribution in [3.8, 4) is 0 Å². The highest BCUT2D eigenvalue weighted by molar-refractivity contribution is 7.15. The van der Waals surface area contributed by atoms with Crippen LogP contribution >= 0.6 is 11.3 Å². The van der Waals surface area contributed by atoms with E-state index in [1.165, 1.54) is 11.3 Å². The molecular formula is C30H41N7O4S. The first-order chi connectivity index (χ1) is 20.1. The first-order valence-electron chi connectivity index (χ1n) is 13.7. The van der Waals surface area contributed by atoms with Crippen LogP contribution in [0.15, 0.2) is 72.2 Å². The van der Waals surface area contributed by atoms with Crippen LogP contribution in [0.5, 0.6) is 0 Å². The van der Waals surface area contributed by atoms with Crippen LogP contribution in [0.1, 0.15) is 62.1 Å². The third kappa shape index (κ3) is 13.4. The number of benzene rings is 1.